The number of unbranched alkanes of at least 4 members (excludes halogenated alkanes) is 3. The lowest BCUT2D eigenvalue weighted by Gasteiger charge is -2.27. The molecule has 27 heteroatoms. The van der Waals surface area contributed by atoms with Gasteiger partial charge in [0.2, 0.25) is 41.4 Å². The van der Waals surface area contributed by atoms with Crippen LogP contribution in [0.1, 0.15) is 70.6 Å². The lowest BCUT2D eigenvalue weighted by molar-refractivity contribution is -0.141. The highest BCUT2D eigenvalue weighted by atomic mass is 32.1. The van der Waals surface area contributed by atoms with E-state index in [1.807, 2.05) is 0 Å². The average molecular weight is 923 g/mol. The molecule has 0 saturated heterocycles. The third-order valence-electron chi connectivity index (χ3n) is 9.29. The molecule has 0 rings (SSSR count). The first-order valence-electron chi connectivity index (χ1n) is 20.6. The fraction of sp³-hybridized carbons (Fsp3) is 0.750. The Hall–Kier alpha value is -4.90. The maximum absolute atomic E-state index is 13.6. The first-order chi connectivity index (χ1) is 29.9. The highest BCUT2D eigenvalue weighted by molar-refractivity contribution is 7.80. The van der Waals surface area contributed by atoms with Crippen LogP contribution in [0.5, 0.6) is 0 Å². The SMILES string of the molecule is NCCCCC(NC(=O)C(CO)NC(=O)C(CCCCN)NC(=O)C(CO)NC(=O)C(CCCCN)NC(=O)C(CO)NC(=O)C(N)CCCN=C(N)N)C(=O)NC(CS)C(=O)O. The molecule has 0 aliphatic heterocycles. The Balaban J connectivity index is 6.04. The number of thiol groups is 1. The molecular weight excluding hydrogens is 853 g/mol. The summed E-state index contributed by atoms with van der Waals surface area (Å²) in [5, 5.41) is 55.9. The van der Waals surface area contributed by atoms with Crippen LogP contribution in [-0.2, 0) is 38.4 Å². The van der Waals surface area contributed by atoms with Crippen LogP contribution in [0.4, 0.5) is 0 Å². The van der Waals surface area contributed by atoms with Crippen molar-refractivity contribution < 1.29 is 58.8 Å². The van der Waals surface area contributed by atoms with Crippen LogP contribution in [-0.4, -0.2) is 174 Å². The van der Waals surface area contributed by atoms with Gasteiger partial charge < -0.3 is 92.0 Å². The Morgan fingerprint density at radius 3 is 1.05 bits per heavy atom. The Kier molecular flexibility index (Phi) is 31.0. The van der Waals surface area contributed by atoms with Crippen LogP contribution in [0, 0.1) is 0 Å². The van der Waals surface area contributed by atoms with E-state index in [0.29, 0.717) is 38.5 Å². The molecule has 362 valence electrons. The number of guanidine groups is 1. The molecule has 63 heavy (non-hydrogen) atoms. The van der Waals surface area contributed by atoms with Gasteiger partial charge in [-0.05, 0) is 90.3 Å². The number of nitrogens with two attached hydrogens (primary N) is 6. The number of carboxylic acids is 1. The quantitative estimate of drug-likeness (QED) is 0.0121. The zero-order valence-corrected chi connectivity index (χ0v) is 36.4. The van der Waals surface area contributed by atoms with Crippen LogP contribution < -0.4 is 71.6 Å². The number of aliphatic carboxylic acids is 1. The second-order valence-electron chi connectivity index (χ2n) is 14.4. The number of hydrogen-bond acceptors (Lipinski definition) is 17. The van der Waals surface area contributed by atoms with E-state index in [9.17, 15) is 58.8 Å². The molecule has 8 unspecified atom stereocenters. The number of carbonyl (C=O) groups is 8. The number of aliphatic hydroxyl groups is 3. The summed E-state index contributed by atoms with van der Waals surface area (Å²) in [4.78, 5) is 108. The molecule has 0 aromatic heterocycles. The Bertz CT molecular complexity index is 1480. The summed E-state index contributed by atoms with van der Waals surface area (Å²) in [6.07, 6.45) is 2.64. The van der Waals surface area contributed by atoms with Gasteiger partial charge in [0.1, 0.15) is 42.3 Å². The van der Waals surface area contributed by atoms with Gasteiger partial charge in [0.15, 0.2) is 5.96 Å². The van der Waals surface area contributed by atoms with Crippen molar-refractivity contribution in [2.45, 2.75) is 119 Å². The van der Waals surface area contributed by atoms with Crippen LogP contribution in [0.25, 0.3) is 0 Å². The van der Waals surface area contributed by atoms with Gasteiger partial charge in [0, 0.05) is 12.3 Å². The second-order valence-corrected chi connectivity index (χ2v) is 14.8. The molecule has 26 nitrogen and oxygen atoms in total. The summed E-state index contributed by atoms with van der Waals surface area (Å²) in [6, 6.07) is -11.5. The molecule has 0 radical (unpaired) electrons. The van der Waals surface area contributed by atoms with Gasteiger partial charge in [-0.1, -0.05) is 0 Å². The van der Waals surface area contributed by atoms with Gasteiger partial charge in [0.25, 0.3) is 0 Å². The first-order valence-corrected chi connectivity index (χ1v) is 21.3. The predicted molar refractivity (Wildman–Crippen MR) is 233 cm³/mol. The van der Waals surface area contributed by atoms with Gasteiger partial charge in [-0.3, -0.25) is 38.6 Å². The summed E-state index contributed by atoms with van der Waals surface area (Å²) < 4.78 is 0. The standard InChI is InChI=1S/C36H70N14O12S/c37-12-4-1-9-21(44-32(58)24(16-51)47-28(54)20(40)8-7-15-43-36(41)42)29(55)48-25(17-52)33(59)45-22(10-2-5-13-38)30(56)49-26(18-53)34(60)46-23(11-3-6-14-39)31(57)50-27(19-63)35(61)62/h20-27,51-53,63H,1-19,37-40H2,(H,44,58)(H,45,59)(H,46,60)(H,47,54)(H,48,55)(H,49,56)(H,50,57)(H,61,62)(H4,41,42,43). The van der Waals surface area contributed by atoms with Crippen molar-refractivity contribution >= 4 is 65.9 Å². The van der Waals surface area contributed by atoms with Crippen LogP contribution >= 0.6 is 12.6 Å². The van der Waals surface area contributed by atoms with Gasteiger partial charge >= 0.3 is 5.97 Å². The third-order valence-corrected chi connectivity index (χ3v) is 9.65. The largest absolute Gasteiger partial charge is 0.480 e. The van der Waals surface area contributed by atoms with Gasteiger partial charge in [0.05, 0.1) is 25.9 Å². The number of aliphatic hydroxyl groups excluding tert-OH is 3. The predicted octanol–water partition coefficient (Wildman–Crippen LogP) is -7.86. The zero-order chi connectivity index (χ0) is 47.9. The number of carbonyl (C=O) groups excluding carboxylic acids is 7. The Morgan fingerprint density at radius 2 is 0.762 bits per heavy atom. The van der Waals surface area contributed by atoms with E-state index < -0.39 is 115 Å². The Labute approximate surface area is 371 Å². The normalized spacial score (nSPS) is 14.8. The van der Waals surface area contributed by atoms with E-state index in [1.54, 1.807) is 0 Å². The van der Waals surface area contributed by atoms with Crippen molar-refractivity contribution in [2.24, 2.45) is 39.4 Å². The molecule has 0 fully saturated rings. The van der Waals surface area contributed by atoms with E-state index in [4.69, 9.17) is 34.4 Å². The van der Waals surface area contributed by atoms with Gasteiger partial charge in [-0.15, -0.1) is 0 Å². The fourth-order valence-corrected chi connectivity index (χ4v) is 5.86. The second kappa shape index (κ2) is 33.6. The van der Waals surface area contributed by atoms with E-state index in [1.165, 1.54) is 0 Å². The maximum atomic E-state index is 13.6. The summed E-state index contributed by atoms with van der Waals surface area (Å²) in [6.45, 7) is -1.91. The number of nitrogens with zero attached hydrogens (tertiary/aromatic N) is 1. The van der Waals surface area contributed by atoms with E-state index in [2.05, 4.69) is 54.8 Å². The molecule has 0 spiro atoms. The fourth-order valence-electron chi connectivity index (χ4n) is 5.62. The van der Waals surface area contributed by atoms with Crippen molar-refractivity contribution in [3.8, 4) is 0 Å². The molecule has 23 N–H and O–H groups in total. The Morgan fingerprint density at radius 1 is 0.460 bits per heavy atom. The highest BCUT2D eigenvalue weighted by Gasteiger charge is 2.34. The number of carboxylic acid groups (broad SMARTS) is 1. The minimum atomic E-state index is -1.70. The lowest BCUT2D eigenvalue weighted by Crippen LogP contribution is -2.61. The van der Waals surface area contributed by atoms with Crippen LogP contribution in [0.2, 0.25) is 0 Å². The third kappa shape index (κ3) is 23.9. The number of amides is 7. The molecule has 0 aliphatic rings. The molecule has 8 atom stereocenters. The van der Waals surface area contributed by atoms with E-state index in [-0.39, 0.29) is 70.0 Å². The number of rotatable bonds is 35. The first kappa shape index (κ1) is 58.1. The smallest absolute Gasteiger partial charge is 0.327 e. The van der Waals surface area contributed by atoms with E-state index in [0.717, 1.165) is 0 Å². The molecular formula is C36H70N14O12S. The van der Waals surface area contributed by atoms with Gasteiger partial charge in [-0.25, -0.2) is 4.79 Å². The minimum absolute atomic E-state index is 0.0233. The van der Waals surface area contributed by atoms with E-state index >= 15 is 0 Å². The van der Waals surface area contributed by atoms with Crippen molar-refractivity contribution in [1.82, 2.24) is 37.2 Å². The number of nitrogens with one attached hydrogen (secondary N) is 7. The molecule has 0 aromatic carbocycles. The highest BCUT2D eigenvalue weighted by Crippen LogP contribution is 2.07. The molecule has 0 aliphatic carbocycles. The van der Waals surface area contributed by atoms with Crippen molar-refractivity contribution in [1.29, 1.82) is 0 Å². The average Bonchev–Trinajstić information content (AvgIpc) is 3.25. The molecule has 0 aromatic rings. The van der Waals surface area contributed by atoms with Crippen molar-refractivity contribution in [2.75, 3.05) is 51.8 Å². The summed E-state index contributed by atoms with van der Waals surface area (Å²) in [5.74, 6) is -8.37. The van der Waals surface area contributed by atoms with Crippen molar-refractivity contribution in [3.63, 3.8) is 0 Å². The van der Waals surface area contributed by atoms with Crippen LogP contribution in [0.3, 0.4) is 0 Å². The summed E-state index contributed by atoms with van der Waals surface area (Å²) >= 11 is 3.92. The van der Waals surface area contributed by atoms with Crippen molar-refractivity contribution in [3.05, 3.63) is 0 Å². The molecule has 0 saturated carbocycles. The molecule has 7 amide bonds. The summed E-state index contributed by atoms with van der Waals surface area (Å²) in [5.41, 5.74) is 33.2. The van der Waals surface area contributed by atoms with Crippen LogP contribution in [0.15, 0.2) is 4.99 Å². The topological polar surface area (TPSA) is 470 Å². The monoisotopic (exact) mass is 923 g/mol. The number of hydrogen-bond donors (Lipinski definition) is 18. The number of aliphatic imine (C=N–C) groups is 1. The maximum Gasteiger partial charge on any atom is 0.327 e. The molecule has 0 heterocycles. The lowest BCUT2D eigenvalue weighted by atomic mass is 10.1. The molecule has 0 bridgehead atoms. The zero-order valence-electron chi connectivity index (χ0n) is 35.5. The summed E-state index contributed by atoms with van der Waals surface area (Å²) in [7, 11) is 0. The van der Waals surface area contributed by atoms with Gasteiger partial charge in [-0.2, -0.15) is 12.6 Å². The minimum Gasteiger partial charge on any atom is -0.480 e.